The third-order valence-electron chi connectivity index (χ3n) is 3.03. The van der Waals surface area contributed by atoms with Crippen LogP contribution in [0.15, 0.2) is 23.6 Å². The molecule has 1 aromatic heterocycles. The van der Waals surface area contributed by atoms with Crippen LogP contribution in [0.5, 0.6) is 5.75 Å². The molecule has 0 spiro atoms. The molecule has 0 aliphatic carbocycles. The molecule has 0 saturated carbocycles. The third-order valence-corrected chi connectivity index (χ3v) is 3.84. The standard InChI is InChI=1S/C16H21N3O2S/c1-10-4-5-11(2)14(6-10)21-8-15(20)19-16-18-13(9-22-16)7-12(3)17/h4-6,9,12H,7-8,17H2,1-3H3,(H,18,19,20). The second-order valence-corrected chi connectivity index (χ2v) is 6.29. The number of carbonyl (C=O) groups is 1. The van der Waals surface area contributed by atoms with Gasteiger partial charge in [0, 0.05) is 17.8 Å². The molecule has 0 saturated heterocycles. The first kappa shape index (κ1) is 16.5. The second kappa shape index (κ2) is 7.38. The van der Waals surface area contributed by atoms with Gasteiger partial charge in [0.25, 0.3) is 5.91 Å². The summed E-state index contributed by atoms with van der Waals surface area (Å²) in [6.45, 7) is 5.83. The lowest BCUT2D eigenvalue weighted by Gasteiger charge is -2.09. The van der Waals surface area contributed by atoms with E-state index >= 15 is 0 Å². The maximum atomic E-state index is 11.9. The summed E-state index contributed by atoms with van der Waals surface area (Å²) in [6.07, 6.45) is 0.700. The number of ether oxygens (including phenoxy) is 1. The van der Waals surface area contributed by atoms with Crippen LogP contribution in [0.4, 0.5) is 5.13 Å². The highest BCUT2D eigenvalue weighted by Gasteiger charge is 2.09. The van der Waals surface area contributed by atoms with Crippen molar-refractivity contribution in [1.82, 2.24) is 4.98 Å². The van der Waals surface area contributed by atoms with Crippen molar-refractivity contribution in [2.45, 2.75) is 33.2 Å². The molecule has 1 unspecified atom stereocenters. The fourth-order valence-electron chi connectivity index (χ4n) is 1.95. The van der Waals surface area contributed by atoms with Gasteiger partial charge in [0.15, 0.2) is 11.7 Å². The quantitative estimate of drug-likeness (QED) is 0.858. The highest BCUT2D eigenvalue weighted by atomic mass is 32.1. The maximum absolute atomic E-state index is 11.9. The van der Waals surface area contributed by atoms with Gasteiger partial charge in [-0.05, 0) is 38.0 Å². The molecule has 1 amide bonds. The molecule has 118 valence electrons. The zero-order valence-corrected chi connectivity index (χ0v) is 13.9. The van der Waals surface area contributed by atoms with Gasteiger partial charge in [0.05, 0.1) is 5.69 Å². The number of nitrogens with zero attached hydrogens (tertiary/aromatic N) is 1. The summed E-state index contributed by atoms with van der Waals surface area (Å²) in [5.41, 5.74) is 8.73. The van der Waals surface area contributed by atoms with Crippen molar-refractivity contribution < 1.29 is 9.53 Å². The number of benzene rings is 1. The smallest absolute Gasteiger partial charge is 0.264 e. The lowest BCUT2D eigenvalue weighted by Crippen LogP contribution is -2.21. The Bertz CT molecular complexity index is 653. The molecule has 1 aromatic carbocycles. The molecule has 2 rings (SSSR count). The number of aromatic nitrogens is 1. The fraction of sp³-hybridized carbons (Fsp3) is 0.375. The normalized spacial score (nSPS) is 12.0. The van der Waals surface area contributed by atoms with E-state index in [1.54, 1.807) is 0 Å². The van der Waals surface area contributed by atoms with E-state index in [1.165, 1.54) is 11.3 Å². The number of thiazole rings is 1. The highest BCUT2D eigenvalue weighted by Crippen LogP contribution is 2.19. The molecule has 1 heterocycles. The summed E-state index contributed by atoms with van der Waals surface area (Å²) in [6, 6.07) is 5.96. The van der Waals surface area contributed by atoms with Crippen LogP contribution in [0.2, 0.25) is 0 Å². The Balaban J connectivity index is 1.87. The van der Waals surface area contributed by atoms with Crippen LogP contribution in [0.25, 0.3) is 0 Å². The van der Waals surface area contributed by atoms with Crippen molar-refractivity contribution in [3.05, 3.63) is 40.4 Å². The topological polar surface area (TPSA) is 77.2 Å². The average Bonchev–Trinajstić information content (AvgIpc) is 2.86. The number of hydrogen-bond acceptors (Lipinski definition) is 5. The summed E-state index contributed by atoms with van der Waals surface area (Å²) in [5.74, 6) is 0.509. The van der Waals surface area contributed by atoms with Gasteiger partial charge in [0.1, 0.15) is 5.75 Å². The molecule has 0 fully saturated rings. The molecule has 0 aliphatic rings. The van der Waals surface area contributed by atoms with E-state index < -0.39 is 0 Å². The SMILES string of the molecule is Cc1ccc(C)c(OCC(=O)Nc2nc(CC(C)N)cs2)c1. The summed E-state index contributed by atoms with van der Waals surface area (Å²) < 4.78 is 5.57. The van der Waals surface area contributed by atoms with Gasteiger partial charge in [-0.1, -0.05) is 12.1 Å². The Morgan fingerprint density at radius 3 is 2.95 bits per heavy atom. The van der Waals surface area contributed by atoms with Crippen LogP contribution in [0, 0.1) is 13.8 Å². The van der Waals surface area contributed by atoms with Crippen LogP contribution in [-0.4, -0.2) is 23.5 Å². The average molecular weight is 319 g/mol. The number of carbonyl (C=O) groups excluding carboxylic acids is 1. The van der Waals surface area contributed by atoms with Crippen LogP contribution in [0.1, 0.15) is 23.7 Å². The number of rotatable bonds is 6. The predicted molar refractivity (Wildman–Crippen MR) is 89.5 cm³/mol. The minimum atomic E-state index is -0.220. The van der Waals surface area contributed by atoms with Crippen molar-refractivity contribution in [3.8, 4) is 5.75 Å². The zero-order valence-electron chi connectivity index (χ0n) is 13.1. The molecule has 6 heteroatoms. The molecule has 0 radical (unpaired) electrons. The number of hydrogen-bond donors (Lipinski definition) is 2. The van der Waals surface area contributed by atoms with Crippen LogP contribution >= 0.6 is 11.3 Å². The molecule has 3 N–H and O–H groups in total. The predicted octanol–water partition coefficient (Wildman–Crippen LogP) is 2.67. The van der Waals surface area contributed by atoms with Gasteiger partial charge in [-0.3, -0.25) is 10.1 Å². The molecule has 0 aliphatic heterocycles. The summed E-state index contributed by atoms with van der Waals surface area (Å²) in [4.78, 5) is 16.2. The van der Waals surface area contributed by atoms with E-state index in [9.17, 15) is 4.79 Å². The van der Waals surface area contributed by atoms with E-state index in [1.807, 2.05) is 44.4 Å². The van der Waals surface area contributed by atoms with Crippen LogP contribution in [-0.2, 0) is 11.2 Å². The Morgan fingerprint density at radius 2 is 2.23 bits per heavy atom. The van der Waals surface area contributed by atoms with Crippen molar-refractivity contribution >= 4 is 22.4 Å². The van der Waals surface area contributed by atoms with Gasteiger partial charge in [-0.2, -0.15) is 0 Å². The van der Waals surface area contributed by atoms with Gasteiger partial charge in [-0.15, -0.1) is 11.3 Å². The molecule has 5 nitrogen and oxygen atoms in total. The molecule has 0 bridgehead atoms. The summed E-state index contributed by atoms with van der Waals surface area (Å²) in [7, 11) is 0. The van der Waals surface area contributed by atoms with Gasteiger partial charge < -0.3 is 10.5 Å². The first-order chi connectivity index (χ1) is 10.4. The van der Waals surface area contributed by atoms with E-state index in [0.29, 0.717) is 11.6 Å². The van der Waals surface area contributed by atoms with Crippen molar-refractivity contribution in [1.29, 1.82) is 0 Å². The number of nitrogens with one attached hydrogen (secondary N) is 1. The summed E-state index contributed by atoms with van der Waals surface area (Å²) in [5, 5.41) is 5.22. The summed E-state index contributed by atoms with van der Waals surface area (Å²) >= 11 is 1.39. The molecular formula is C16H21N3O2S. The van der Waals surface area contributed by atoms with E-state index in [0.717, 1.165) is 22.6 Å². The van der Waals surface area contributed by atoms with E-state index in [4.69, 9.17) is 10.5 Å². The monoisotopic (exact) mass is 319 g/mol. The Hall–Kier alpha value is -1.92. The number of anilines is 1. The number of nitrogens with two attached hydrogens (primary N) is 1. The Morgan fingerprint density at radius 1 is 1.45 bits per heavy atom. The lowest BCUT2D eigenvalue weighted by molar-refractivity contribution is -0.118. The van der Waals surface area contributed by atoms with Gasteiger partial charge in [0.2, 0.25) is 0 Å². The third kappa shape index (κ3) is 4.82. The van der Waals surface area contributed by atoms with E-state index in [2.05, 4.69) is 10.3 Å². The van der Waals surface area contributed by atoms with Crippen molar-refractivity contribution in [2.24, 2.45) is 5.73 Å². The second-order valence-electron chi connectivity index (χ2n) is 5.43. The van der Waals surface area contributed by atoms with Crippen molar-refractivity contribution in [3.63, 3.8) is 0 Å². The van der Waals surface area contributed by atoms with Gasteiger partial charge in [-0.25, -0.2) is 4.98 Å². The zero-order chi connectivity index (χ0) is 16.1. The van der Waals surface area contributed by atoms with Gasteiger partial charge >= 0.3 is 0 Å². The number of amides is 1. The molecule has 22 heavy (non-hydrogen) atoms. The molecular weight excluding hydrogens is 298 g/mol. The minimum Gasteiger partial charge on any atom is -0.483 e. The largest absolute Gasteiger partial charge is 0.483 e. The van der Waals surface area contributed by atoms with E-state index in [-0.39, 0.29) is 18.6 Å². The Kier molecular flexibility index (Phi) is 5.51. The van der Waals surface area contributed by atoms with Crippen LogP contribution < -0.4 is 15.8 Å². The number of aryl methyl sites for hydroxylation is 2. The van der Waals surface area contributed by atoms with Crippen molar-refractivity contribution in [2.75, 3.05) is 11.9 Å². The molecule has 1 atom stereocenters. The first-order valence-corrected chi connectivity index (χ1v) is 8.02. The fourth-order valence-corrected chi connectivity index (χ4v) is 2.69. The van der Waals surface area contributed by atoms with Crippen LogP contribution in [0.3, 0.4) is 0 Å². The molecule has 2 aromatic rings. The first-order valence-electron chi connectivity index (χ1n) is 7.14. The lowest BCUT2D eigenvalue weighted by atomic mass is 10.1. The Labute approximate surface area is 134 Å². The minimum absolute atomic E-state index is 0.0352. The maximum Gasteiger partial charge on any atom is 0.264 e. The highest BCUT2D eigenvalue weighted by molar-refractivity contribution is 7.13.